The summed E-state index contributed by atoms with van der Waals surface area (Å²) in [5.41, 5.74) is 1.25. The number of benzene rings is 2. The molecule has 0 aliphatic heterocycles. The largest absolute Gasteiger partial charge is 0.497 e. The van der Waals surface area contributed by atoms with E-state index < -0.39 is 0 Å². The fourth-order valence-corrected chi connectivity index (χ4v) is 2.02. The maximum Gasteiger partial charge on any atom is 0.264 e. The number of nitriles is 1. The first kappa shape index (κ1) is 14.6. The first-order valence-electron chi connectivity index (χ1n) is 6.89. The molecule has 3 aromatic rings. The zero-order chi connectivity index (χ0) is 16.1. The molecule has 0 amide bonds. The minimum Gasteiger partial charge on any atom is -0.497 e. The lowest BCUT2D eigenvalue weighted by Crippen LogP contribution is -1.97. The summed E-state index contributed by atoms with van der Waals surface area (Å²) in [6, 6.07) is 16.4. The lowest BCUT2D eigenvalue weighted by Gasteiger charge is -2.04. The van der Waals surface area contributed by atoms with Crippen molar-refractivity contribution in [3.63, 3.8) is 0 Å². The Morgan fingerprint density at radius 2 is 2.04 bits per heavy atom. The van der Waals surface area contributed by atoms with Crippen molar-refractivity contribution < 1.29 is 14.0 Å². The van der Waals surface area contributed by atoms with Crippen molar-refractivity contribution in [1.29, 1.82) is 5.26 Å². The van der Waals surface area contributed by atoms with Gasteiger partial charge >= 0.3 is 0 Å². The van der Waals surface area contributed by atoms with Crippen molar-refractivity contribution in [2.45, 2.75) is 6.61 Å². The molecule has 23 heavy (non-hydrogen) atoms. The summed E-state index contributed by atoms with van der Waals surface area (Å²) in [7, 11) is 1.60. The molecular weight excluding hydrogens is 294 g/mol. The number of methoxy groups -OCH3 is 1. The van der Waals surface area contributed by atoms with E-state index in [2.05, 4.69) is 16.2 Å². The molecule has 0 saturated carbocycles. The second kappa shape index (κ2) is 6.62. The van der Waals surface area contributed by atoms with Crippen LogP contribution in [0.15, 0.2) is 53.1 Å². The third kappa shape index (κ3) is 3.30. The van der Waals surface area contributed by atoms with Gasteiger partial charge in [0, 0.05) is 5.56 Å². The smallest absolute Gasteiger partial charge is 0.264 e. The number of rotatable bonds is 5. The summed E-state index contributed by atoms with van der Waals surface area (Å²) >= 11 is 0. The highest BCUT2D eigenvalue weighted by Crippen LogP contribution is 2.22. The van der Waals surface area contributed by atoms with Crippen LogP contribution in [0.5, 0.6) is 11.5 Å². The van der Waals surface area contributed by atoms with Crippen LogP contribution in [-0.2, 0) is 6.61 Å². The summed E-state index contributed by atoms with van der Waals surface area (Å²) < 4.78 is 15.9. The van der Waals surface area contributed by atoms with Gasteiger partial charge in [-0.2, -0.15) is 10.2 Å². The van der Waals surface area contributed by atoms with Gasteiger partial charge in [0.2, 0.25) is 5.82 Å². The average Bonchev–Trinajstić information content (AvgIpc) is 3.09. The molecule has 0 unspecified atom stereocenters. The molecule has 114 valence electrons. The van der Waals surface area contributed by atoms with E-state index in [4.69, 9.17) is 19.3 Å². The molecular formula is C17H13N3O3. The van der Waals surface area contributed by atoms with E-state index in [1.54, 1.807) is 31.4 Å². The second-order valence-electron chi connectivity index (χ2n) is 4.64. The summed E-state index contributed by atoms with van der Waals surface area (Å²) in [5, 5.41) is 13.0. The third-order valence-corrected chi connectivity index (χ3v) is 3.15. The zero-order valence-corrected chi connectivity index (χ0v) is 12.4. The van der Waals surface area contributed by atoms with Crippen molar-refractivity contribution in [3.05, 3.63) is 60.0 Å². The van der Waals surface area contributed by atoms with Gasteiger partial charge in [-0.1, -0.05) is 29.4 Å². The van der Waals surface area contributed by atoms with Crippen molar-refractivity contribution in [2.24, 2.45) is 0 Å². The van der Waals surface area contributed by atoms with Crippen LogP contribution in [0.25, 0.3) is 11.4 Å². The topological polar surface area (TPSA) is 81.2 Å². The summed E-state index contributed by atoms with van der Waals surface area (Å²) in [5.74, 6) is 1.98. The van der Waals surface area contributed by atoms with Gasteiger partial charge in [-0.05, 0) is 24.3 Å². The molecule has 2 aromatic carbocycles. The van der Waals surface area contributed by atoms with E-state index in [9.17, 15) is 0 Å². The highest BCUT2D eigenvalue weighted by atomic mass is 16.5. The van der Waals surface area contributed by atoms with Crippen LogP contribution in [0.4, 0.5) is 0 Å². The van der Waals surface area contributed by atoms with Gasteiger partial charge in [0.05, 0.1) is 12.7 Å². The van der Waals surface area contributed by atoms with E-state index in [0.717, 1.165) is 5.56 Å². The van der Waals surface area contributed by atoms with Crippen LogP contribution in [0, 0.1) is 11.3 Å². The van der Waals surface area contributed by atoms with E-state index in [0.29, 0.717) is 28.8 Å². The molecule has 0 aliphatic rings. The van der Waals surface area contributed by atoms with Crippen LogP contribution in [-0.4, -0.2) is 17.3 Å². The minimum atomic E-state index is 0.0929. The standard InChI is InChI=1S/C17H13N3O3/c1-21-14-7-4-6-12(9-14)17-19-16(23-20-17)11-22-15-8-3-2-5-13(15)10-18/h2-9H,11H2,1H3. The third-order valence-electron chi connectivity index (χ3n) is 3.15. The monoisotopic (exact) mass is 307 g/mol. The lowest BCUT2D eigenvalue weighted by molar-refractivity contribution is 0.242. The van der Waals surface area contributed by atoms with Crippen LogP contribution in [0.1, 0.15) is 11.5 Å². The SMILES string of the molecule is COc1cccc(-c2noc(COc3ccccc3C#N)n2)c1. The summed E-state index contributed by atoms with van der Waals surface area (Å²) in [4.78, 5) is 4.29. The van der Waals surface area contributed by atoms with Crippen molar-refractivity contribution >= 4 is 0 Å². The van der Waals surface area contributed by atoms with E-state index in [-0.39, 0.29) is 6.61 Å². The lowest BCUT2D eigenvalue weighted by atomic mass is 10.2. The van der Waals surface area contributed by atoms with Gasteiger partial charge in [0.1, 0.15) is 17.6 Å². The number of hydrogen-bond acceptors (Lipinski definition) is 6. The predicted octanol–water partition coefficient (Wildman–Crippen LogP) is 3.20. The molecule has 0 radical (unpaired) electrons. The zero-order valence-electron chi connectivity index (χ0n) is 12.4. The van der Waals surface area contributed by atoms with Gasteiger partial charge < -0.3 is 14.0 Å². The fraction of sp³-hybridized carbons (Fsp3) is 0.118. The van der Waals surface area contributed by atoms with Gasteiger partial charge in [-0.25, -0.2) is 0 Å². The van der Waals surface area contributed by atoms with Gasteiger partial charge in [0.15, 0.2) is 6.61 Å². The van der Waals surface area contributed by atoms with Crippen molar-refractivity contribution in [3.8, 4) is 29.0 Å². The van der Waals surface area contributed by atoms with Crippen LogP contribution < -0.4 is 9.47 Å². The minimum absolute atomic E-state index is 0.0929. The molecule has 6 heteroatoms. The number of ether oxygens (including phenoxy) is 2. The summed E-state index contributed by atoms with van der Waals surface area (Å²) in [6.07, 6.45) is 0. The van der Waals surface area contributed by atoms with E-state index >= 15 is 0 Å². The molecule has 0 atom stereocenters. The Kier molecular flexibility index (Phi) is 4.20. The maximum absolute atomic E-state index is 9.02. The van der Waals surface area contributed by atoms with Gasteiger partial charge in [-0.3, -0.25) is 0 Å². The number of hydrogen-bond donors (Lipinski definition) is 0. The van der Waals surface area contributed by atoms with Gasteiger partial charge in [0.25, 0.3) is 5.89 Å². The quantitative estimate of drug-likeness (QED) is 0.720. The molecule has 0 N–H and O–H groups in total. The molecule has 1 heterocycles. The Hall–Kier alpha value is -3.33. The average molecular weight is 307 g/mol. The van der Waals surface area contributed by atoms with E-state index in [1.165, 1.54) is 0 Å². The molecule has 0 fully saturated rings. The first-order valence-corrected chi connectivity index (χ1v) is 6.89. The Labute approximate surface area is 132 Å². The molecule has 0 saturated heterocycles. The second-order valence-corrected chi connectivity index (χ2v) is 4.64. The highest BCUT2D eigenvalue weighted by Gasteiger charge is 2.11. The Balaban J connectivity index is 1.73. The van der Waals surface area contributed by atoms with Crippen molar-refractivity contribution in [1.82, 2.24) is 10.1 Å². The molecule has 3 rings (SSSR count). The molecule has 0 spiro atoms. The molecule has 6 nitrogen and oxygen atoms in total. The normalized spacial score (nSPS) is 10.1. The fourth-order valence-electron chi connectivity index (χ4n) is 2.02. The summed E-state index contributed by atoms with van der Waals surface area (Å²) in [6.45, 7) is 0.0929. The van der Waals surface area contributed by atoms with Crippen LogP contribution in [0.2, 0.25) is 0 Å². The Morgan fingerprint density at radius 3 is 2.87 bits per heavy atom. The number of para-hydroxylation sites is 1. The van der Waals surface area contributed by atoms with Crippen LogP contribution in [0.3, 0.4) is 0 Å². The predicted molar refractivity (Wildman–Crippen MR) is 81.8 cm³/mol. The number of aromatic nitrogens is 2. The first-order chi connectivity index (χ1) is 11.3. The van der Waals surface area contributed by atoms with Crippen molar-refractivity contribution in [2.75, 3.05) is 7.11 Å². The molecule has 0 bridgehead atoms. The van der Waals surface area contributed by atoms with Crippen LogP contribution >= 0.6 is 0 Å². The van der Waals surface area contributed by atoms with Gasteiger partial charge in [-0.15, -0.1) is 0 Å². The van der Waals surface area contributed by atoms with E-state index in [1.807, 2.05) is 24.3 Å². The number of nitrogens with zero attached hydrogens (tertiary/aromatic N) is 3. The Morgan fingerprint density at radius 1 is 1.17 bits per heavy atom. The maximum atomic E-state index is 9.02. The molecule has 0 aliphatic carbocycles. The Bertz CT molecular complexity index is 852. The highest BCUT2D eigenvalue weighted by molar-refractivity contribution is 5.56. The molecule has 1 aromatic heterocycles.